The molecule has 2 aliphatic rings. The van der Waals surface area contributed by atoms with Crippen molar-refractivity contribution in [1.29, 1.82) is 0 Å². The third kappa shape index (κ3) is 3.88. The third-order valence-corrected chi connectivity index (χ3v) is 7.03. The minimum atomic E-state index is -3.92. The summed E-state index contributed by atoms with van der Waals surface area (Å²) >= 11 is 0. The number of carbonyl (C=O) groups is 2. The van der Waals surface area contributed by atoms with Gasteiger partial charge in [-0.15, -0.1) is 6.58 Å². The molecule has 2 saturated carbocycles. The predicted molar refractivity (Wildman–Crippen MR) is 95.9 cm³/mol. The van der Waals surface area contributed by atoms with Crippen molar-refractivity contribution >= 4 is 22.0 Å². The molecule has 0 heterocycles. The molecule has 0 saturated heterocycles. The molecule has 148 valence electrons. The topological polar surface area (TPSA) is 111 Å². The first-order chi connectivity index (χ1) is 11.9. The summed E-state index contributed by atoms with van der Waals surface area (Å²) in [5, 5.41) is 2.57. The first-order valence-electron chi connectivity index (χ1n) is 8.61. The van der Waals surface area contributed by atoms with Crippen LogP contribution in [0.3, 0.4) is 0 Å². The Morgan fingerprint density at radius 2 is 1.88 bits per heavy atom. The monoisotopic (exact) mass is 388 g/mol. The van der Waals surface area contributed by atoms with Gasteiger partial charge in [-0.3, -0.25) is 9.52 Å². The molecule has 2 unspecified atom stereocenters. The van der Waals surface area contributed by atoms with Crippen LogP contribution in [0.1, 0.15) is 46.5 Å². The van der Waals surface area contributed by atoms with Crippen LogP contribution in [-0.2, 0) is 24.3 Å². The number of carbonyl (C=O) groups excluding carboxylic acids is 2. The van der Waals surface area contributed by atoms with E-state index in [4.69, 9.17) is 9.47 Å². The molecule has 9 heteroatoms. The van der Waals surface area contributed by atoms with E-state index in [1.165, 1.54) is 7.11 Å². The number of sulfonamides is 1. The van der Waals surface area contributed by atoms with E-state index in [1.54, 1.807) is 26.8 Å². The van der Waals surface area contributed by atoms with Gasteiger partial charge < -0.3 is 14.8 Å². The van der Waals surface area contributed by atoms with Crippen molar-refractivity contribution in [1.82, 2.24) is 10.0 Å². The van der Waals surface area contributed by atoms with Crippen LogP contribution in [-0.4, -0.2) is 50.0 Å². The zero-order valence-corrected chi connectivity index (χ0v) is 16.6. The summed E-state index contributed by atoms with van der Waals surface area (Å²) in [4.78, 5) is 25.1. The lowest BCUT2D eigenvalue weighted by Crippen LogP contribution is -2.69. The Morgan fingerprint density at radius 1 is 1.27 bits per heavy atom. The number of rotatable bonds is 7. The second-order valence-corrected chi connectivity index (χ2v) is 10.1. The molecular formula is C17H28N2O6S. The van der Waals surface area contributed by atoms with Gasteiger partial charge in [0, 0.05) is 13.0 Å². The van der Waals surface area contributed by atoms with Gasteiger partial charge in [-0.25, -0.2) is 13.2 Å². The molecule has 2 atom stereocenters. The van der Waals surface area contributed by atoms with Crippen LogP contribution < -0.4 is 10.0 Å². The van der Waals surface area contributed by atoms with Crippen LogP contribution in [0.4, 0.5) is 4.79 Å². The van der Waals surface area contributed by atoms with Gasteiger partial charge in [0.2, 0.25) is 10.0 Å². The van der Waals surface area contributed by atoms with E-state index in [0.29, 0.717) is 25.7 Å². The van der Waals surface area contributed by atoms with Crippen LogP contribution >= 0.6 is 0 Å². The Labute approximate surface area is 154 Å². The van der Waals surface area contributed by atoms with Gasteiger partial charge in [0.25, 0.3) is 5.91 Å². The fourth-order valence-corrected chi connectivity index (χ4v) is 4.67. The smallest absolute Gasteiger partial charge is 0.408 e. The minimum absolute atomic E-state index is 0.0208. The average Bonchev–Trinajstić information content (AvgIpc) is 3.23. The molecule has 0 spiro atoms. The van der Waals surface area contributed by atoms with Gasteiger partial charge in [0.05, 0.1) is 6.61 Å². The highest BCUT2D eigenvalue weighted by molar-refractivity contribution is 7.91. The van der Waals surface area contributed by atoms with Crippen molar-refractivity contribution < 1.29 is 27.5 Å². The van der Waals surface area contributed by atoms with Crippen molar-refractivity contribution in [2.75, 3.05) is 13.7 Å². The number of nitrogens with one attached hydrogen (secondary N) is 2. The van der Waals surface area contributed by atoms with E-state index in [9.17, 15) is 18.0 Å². The summed E-state index contributed by atoms with van der Waals surface area (Å²) in [5.41, 5.74) is -2.11. The lowest BCUT2D eigenvalue weighted by Gasteiger charge is -2.46. The molecule has 0 bridgehead atoms. The highest BCUT2D eigenvalue weighted by Gasteiger charge is 2.59. The Balaban J connectivity index is 2.18. The maximum absolute atomic E-state index is 12.9. The number of alkyl carbamates (subject to hydrolysis) is 1. The molecule has 2 fully saturated rings. The fraction of sp³-hybridized carbons (Fsp3) is 0.765. The number of hydrogen-bond donors (Lipinski definition) is 2. The predicted octanol–water partition coefficient (Wildman–Crippen LogP) is 1.47. The first kappa shape index (κ1) is 20.7. The van der Waals surface area contributed by atoms with Crippen molar-refractivity contribution in [2.45, 2.75) is 62.3 Å². The lowest BCUT2D eigenvalue weighted by molar-refractivity contribution is -0.131. The molecule has 2 aliphatic carbocycles. The molecule has 0 aliphatic heterocycles. The second kappa shape index (κ2) is 6.84. The van der Waals surface area contributed by atoms with E-state index in [2.05, 4.69) is 16.6 Å². The first-order valence-corrected chi connectivity index (χ1v) is 10.1. The Kier molecular flexibility index (Phi) is 5.45. The molecule has 0 aromatic heterocycles. The van der Waals surface area contributed by atoms with Crippen LogP contribution in [0.15, 0.2) is 12.7 Å². The van der Waals surface area contributed by atoms with Crippen LogP contribution in [0, 0.1) is 5.92 Å². The van der Waals surface area contributed by atoms with Crippen molar-refractivity contribution in [3.8, 4) is 0 Å². The van der Waals surface area contributed by atoms with E-state index in [1.807, 2.05) is 0 Å². The maximum Gasteiger partial charge on any atom is 0.408 e. The van der Waals surface area contributed by atoms with Crippen LogP contribution in [0.5, 0.6) is 0 Å². The summed E-state index contributed by atoms with van der Waals surface area (Å²) in [6, 6.07) is 0. The number of amides is 2. The molecule has 26 heavy (non-hydrogen) atoms. The highest BCUT2D eigenvalue weighted by Crippen LogP contribution is 2.45. The zero-order chi connectivity index (χ0) is 19.8. The molecule has 0 aromatic carbocycles. The Morgan fingerprint density at radius 3 is 2.27 bits per heavy atom. The zero-order valence-electron chi connectivity index (χ0n) is 15.8. The van der Waals surface area contributed by atoms with Gasteiger partial charge in [0.15, 0.2) is 0 Å². The van der Waals surface area contributed by atoms with Gasteiger partial charge in [-0.2, -0.15) is 0 Å². The Bertz CT molecular complexity index is 693. The average molecular weight is 388 g/mol. The normalized spacial score (nSPS) is 27.0. The van der Waals surface area contributed by atoms with Crippen LogP contribution in [0.25, 0.3) is 0 Å². The van der Waals surface area contributed by atoms with E-state index >= 15 is 0 Å². The second-order valence-electron chi connectivity index (χ2n) is 8.03. The fourth-order valence-electron chi connectivity index (χ4n) is 3.11. The SMILES string of the molecule is C=CC1CCC1(NC(=O)OC(C)(C)C)C(=O)NS(=O)(=O)C1(COC)CC1. The quantitative estimate of drug-likeness (QED) is 0.639. The van der Waals surface area contributed by atoms with Crippen molar-refractivity contribution in [2.24, 2.45) is 5.92 Å². The van der Waals surface area contributed by atoms with Gasteiger partial charge >= 0.3 is 6.09 Å². The molecule has 0 radical (unpaired) electrons. The van der Waals surface area contributed by atoms with Gasteiger partial charge in [-0.05, 0) is 46.5 Å². The molecule has 0 aromatic rings. The highest BCUT2D eigenvalue weighted by atomic mass is 32.2. The summed E-state index contributed by atoms with van der Waals surface area (Å²) in [7, 11) is -2.50. The van der Waals surface area contributed by atoms with E-state index in [-0.39, 0.29) is 12.5 Å². The number of ether oxygens (including phenoxy) is 2. The largest absolute Gasteiger partial charge is 0.444 e. The van der Waals surface area contributed by atoms with Gasteiger partial charge in [0.1, 0.15) is 15.9 Å². The minimum Gasteiger partial charge on any atom is -0.444 e. The molecule has 2 N–H and O–H groups in total. The number of hydrogen-bond acceptors (Lipinski definition) is 6. The molecule has 2 rings (SSSR count). The summed E-state index contributed by atoms with van der Waals surface area (Å²) in [5.74, 6) is -1.13. The summed E-state index contributed by atoms with van der Waals surface area (Å²) in [6.07, 6.45) is 2.57. The molecule has 8 nitrogen and oxygen atoms in total. The standard InChI is InChI=1S/C17H28N2O6S/c1-6-12-7-8-17(12,18-14(21)25-15(2,3)4)13(20)19-26(22,23)16(9-10-16)11-24-5/h6,12H,1,7-11H2,2-5H3,(H,18,21)(H,19,20). The van der Waals surface area contributed by atoms with E-state index in [0.717, 1.165) is 0 Å². The Hall–Kier alpha value is -1.61. The van der Waals surface area contributed by atoms with E-state index < -0.39 is 37.9 Å². The van der Waals surface area contributed by atoms with Crippen molar-refractivity contribution in [3.05, 3.63) is 12.7 Å². The summed E-state index contributed by atoms with van der Waals surface area (Å²) < 4.78 is 36.6. The maximum atomic E-state index is 12.9. The van der Waals surface area contributed by atoms with Crippen LogP contribution in [0.2, 0.25) is 0 Å². The lowest BCUT2D eigenvalue weighted by atomic mass is 9.66. The van der Waals surface area contributed by atoms with Gasteiger partial charge in [-0.1, -0.05) is 6.08 Å². The van der Waals surface area contributed by atoms with Crippen molar-refractivity contribution in [3.63, 3.8) is 0 Å². The number of methoxy groups -OCH3 is 1. The summed E-state index contributed by atoms with van der Waals surface area (Å²) in [6.45, 7) is 8.82. The molecule has 2 amide bonds. The molecular weight excluding hydrogens is 360 g/mol. The third-order valence-electron chi connectivity index (χ3n) is 4.91.